The van der Waals surface area contributed by atoms with Gasteiger partial charge >= 0.3 is 5.97 Å². The van der Waals surface area contributed by atoms with Crippen molar-refractivity contribution in [3.63, 3.8) is 0 Å². The maximum Gasteiger partial charge on any atom is 0.331 e. The van der Waals surface area contributed by atoms with Crippen LogP contribution >= 0.6 is 11.3 Å². The molecular formula is C20H23NO3S. The summed E-state index contributed by atoms with van der Waals surface area (Å²) >= 11 is 1.55. The molecule has 0 unspecified atom stereocenters. The Morgan fingerprint density at radius 1 is 1.24 bits per heavy atom. The highest BCUT2D eigenvalue weighted by molar-refractivity contribution is 7.08. The normalized spacial score (nSPS) is 13.4. The van der Waals surface area contributed by atoms with Crippen LogP contribution in [0.5, 0.6) is 0 Å². The summed E-state index contributed by atoms with van der Waals surface area (Å²) in [6, 6.07) is 9.60. The van der Waals surface area contributed by atoms with Gasteiger partial charge in [-0.05, 0) is 59.4 Å². The molecule has 0 aliphatic rings. The van der Waals surface area contributed by atoms with Crippen LogP contribution < -0.4 is 5.32 Å². The summed E-state index contributed by atoms with van der Waals surface area (Å²) in [4.78, 5) is 24.2. The fourth-order valence-electron chi connectivity index (χ4n) is 2.30. The van der Waals surface area contributed by atoms with Gasteiger partial charge in [0, 0.05) is 11.8 Å². The molecule has 0 aliphatic heterocycles. The first-order chi connectivity index (χ1) is 12.0. The number of hydrogen-bond donors (Lipinski definition) is 1. The van der Waals surface area contributed by atoms with Crippen LogP contribution in [-0.4, -0.2) is 18.0 Å². The minimum absolute atomic E-state index is 0.336. The first-order valence-corrected chi connectivity index (χ1v) is 9.26. The van der Waals surface area contributed by atoms with E-state index in [0.29, 0.717) is 5.92 Å². The third-order valence-corrected chi connectivity index (χ3v) is 4.68. The molecule has 0 saturated carbocycles. The molecule has 0 aliphatic carbocycles. The molecular weight excluding hydrogens is 334 g/mol. The van der Waals surface area contributed by atoms with Crippen LogP contribution in [0.1, 0.15) is 44.2 Å². The molecule has 1 aromatic heterocycles. The third-order valence-electron chi connectivity index (χ3n) is 3.98. The summed E-state index contributed by atoms with van der Waals surface area (Å²) in [5, 5.41) is 6.71. The summed E-state index contributed by atoms with van der Waals surface area (Å²) in [7, 11) is 0. The number of carbonyl (C=O) groups is 2. The predicted molar refractivity (Wildman–Crippen MR) is 103 cm³/mol. The van der Waals surface area contributed by atoms with E-state index in [2.05, 4.69) is 19.2 Å². The van der Waals surface area contributed by atoms with Crippen molar-refractivity contribution in [1.82, 2.24) is 0 Å². The van der Waals surface area contributed by atoms with Gasteiger partial charge in [0.15, 0.2) is 6.10 Å². The van der Waals surface area contributed by atoms with Crippen molar-refractivity contribution in [2.75, 3.05) is 5.32 Å². The number of rotatable bonds is 7. The lowest BCUT2D eigenvalue weighted by atomic mass is 9.97. The van der Waals surface area contributed by atoms with E-state index < -0.39 is 12.1 Å². The Morgan fingerprint density at radius 2 is 2.00 bits per heavy atom. The largest absolute Gasteiger partial charge is 0.449 e. The monoisotopic (exact) mass is 357 g/mol. The van der Waals surface area contributed by atoms with E-state index in [9.17, 15) is 9.59 Å². The van der Waals surface area contributed by atoms with Crippen LogP contribution in [0.25, 0.3) is 6.08 Å². The summed E-state index contributed by atoms with van der Waals surface area (Å²) in [5.74, 6) is -0.542. The molecule has 1 heterocycles. The molecule has 2 atom stereocenters. The number of anilines is 1. The SMILES string of the molecule is CC[C@H](C)c1ccccc1NC(=O)[C@@H](C)OC(=O)/C=C/c1ccsc1. The predicted octanol–water partition coefficient (Wildman–Crippen LogP) is 4.85. The lowest BCUT2D eigenvalue weighted by Gasteiger charge is -2.17. The Balaban J connectivity index is 1.95. The van der Waals surface area contributed by atoms with Crippen molar-refractivity contribution < 1.29 is 14.3 Å². The zero-order valence-corrected chi connectivity index (χ0v) is 15.5. The number of thiophene rings is 1. The number of hydrogen-bond acceptors (Lipinski definition) is 4. The average molecular weight is 357 g/mol. The van der Waals surface area contributed by atoms with E-state index in [-0.39, 0.29) is 5.91 Å². The molecule has 2 aromatic rings. The van der Waals surface area contributed by atoms with Gasteiger partial charge in [-0.15, -0.1) is 0 Å². The van der Waals surface area contributed by atoms with Crippen molar-refractivity contribution in [1.29, 1.82) is 0 Å². The van der Waals surface area contributed by atoms with Gasteiger partial charge < -0.3 is 10.1 Å². The van der Waals surface area contributed by atoms with Gasteiger partial charge in [-0.1, -0.05) is 32.0 Å². The van der Waals surface area contributed by atoms with Crippen LogP contribution in [0.4, 0.5) is 5.69 Å². The second-order valence-electron chi connectivity index (χ2n) is 5.85. The summed E-state index contributed by atoms with van der Waals surface area (Å²) < 4.78 is 5.17. The van der Waals surface area contributed by atoms with Gasteiger partial charge in [0.1, 0.15) is 0 Å². The number of carbonyl (C=O) groups excluding carboxylic acids is 2. The first kappa shape index (κ1) is 18.9. The lowest BCUT2D eigenvalue weighted by Crippen LogP contribution is -2.29. The van der Waals surface area contributed by atoms with Gasteiger partial charge in [0.2, 0.25) is 0 Å². The molecule has 1 amide bonds. The number of benzene rings is 1. The maximum absolute atomic E-state index is 12.3. The summed E-state index contributed by atoms with van der Waals surface area (Å²) in [6.45, 7) is 5.79. The Morgan fingerprint density at radius 3 is 2.68 bits per heavy atom. The average Bonchev–Trinajstić information content (AvgIpc) is 3.13. The van der Waals surface area contributed by atoms with Crippen molar-refractivity contribution in [3.8, 4) is 0 Å². The summed E-state index contributed by atoms with van der Waals surface area (Å²) in [5.41, 5.74) is 2.77. The van der Waals surface area contributed by atoms with Gasteiger partial charge in [0.25, 0.3) is 5.91 Å². The minimum atomic E-state index is -0.871. The molecule has 1 aromatic carbocycles. The molecule has 4 nitrogen and oxygen atoms in total. The number of esters is 1. The van der Waals surface area contributed by atoms with E-state index in [1.807, 2.05) is 41.1 Å². The van der Waals surface area contributed by atoms with Gasteiger partial charge in [0.05, 0.1) is 0 Å². The second-order valence-corrected chi connectivity index (χ2v) is 6.63. The quantitative estimate of drug-likeness (QED) is 0.569. The fourth-order valence-corrected chi connectivity index (χ4v) is 2.92. The van der Waals surface area contributed by atoms with Crippen LogP contribution in [0.15, 0.2) is 47.2 Å². The van der Waals surface area contributed by atoms with Crippen molar-refractivity contribution >= 4 is 35.0 Å². The van der Waals surface area contributed by atoms with E-state index in [1.54, 1.807) is 24.3 Å². The number of ether oxygens (including phenoxy) is 1. The van der Waals surface area contributed by atoms with Crippen molar-refractivity contribution in [2.45, 2.75) is 39.2 Å². The second kappa shape index (κ2) is 9.18. The van der Waals surface area contributed by atoms with E-state index in [0.717, 1.165) is 23.2 Å². The van der Waals surface area contributed by atoms with Crippen LogP contribution in [0.3, 0.4) is 0 Å². The molecule has 0 radical (unpaired) electrons. The fraction of sp³-hybridized carbons (Fsp3) is 0.300. The van der Waals surface area contributed by atoms with Crippen LogP contribution in [-0.2, 0) is 14.3 Å². The van der Waals surface area contributed by atoms with Crippen molar-refractivity contribution in [2.24, 2.45) is 0 Å². The summed E-state index contributed by atoms with van der Waals surface area (Å²) in [6.07, 6.45) is 3.11. The van der Waals surface area contributed by atoms with E-state index in [1.165, 1.54) is 6.08 Å². The zero-order valence-electron chi connectivity index (χ0n) is 14.7. The Hall–Kier alpha value is -2.40. The number of amides is 1. The van der Waals surface area contributed by atoms with E-state index in [4.69, 9.17) is 4.74 Å². The van der Waals surface area contributed by atoms with Crippen LogP contribution in [0.2, 0.25) is 0 Å². The molecule has 0 bridgehead atoms. The molecule has 132 valence electrons. The zero-order chi connectivity index (χ0) is 18.2. The molecule has 0 spiro atoms. The maximum atomic E-state index is 12.3. The van der Waals surface area contributed by atoms with Gasteiger partial charge in [-0.25, -0.2) is 4.79 Å². The molecule has 25 heavy (non-hydrogen) atoms. The molecule has 1 N–H and O–H groups in total. The highest BCUT2D eigenvalue weighted by Crippen LogP contribution is 2.26. The molecule has 2 rings (SSSR count). The lowest BCUT2D eigenvalue weighted by molar-refractivity contribution is -0.148. The smallest absolute Gasteiger partial charge is 0.331 e. The third kappa shape index (κ3) is 5.57. The Bertz CT molecular complexity index is 737. The Kier molecular flexibility index (Phi) is 6.95. The van der Waals surface area contributed by atoms with Crippen LogP contribution in [0, 0.1) is 0 Å². The molecule has 0 saturated heterocycles. The topological polar surface area (TPSA) is 55.4 Å². The molecule has 5 heteroatoms. The number of nitrogens with one attached hydrogen (secondary N) is 1. The number of para-hydroxylation sites is 1. The van der Waals surface area contributed by atoms with E-state index >= 15 is 0 Å². The van der Waals surface area contributed by atoms with Gasteiger partial charge in [-0.3, -0.25) is 4.79 Å². The Labute approximate surface area is 152 Å². The highest BCUT2D eigenvalue weighted by Gasteiger charge is 2.18. The first-order valence-electron chi connectivity index (χ1n) is 8.32. The van der Waals surface area contributed by atoms with Crippen molar-refractivity contribution in [3.05, 3.63) is 58.3 Å². The standard InChI is InChI=1S/C20H23NO3S/c1-4-14(2)17-7-5-6-8-18(17)21-20(23)15(3)24-19(22)10-9-16-11-12-25-13-16/h5-15H,4H2,1-3H3,(H,21,23)/b10-9+/t14-,15+/m0/s1. The van der Waals surface area contributed by atoms with Gasteiger partial charge in [-0.2, -0.15) is 11.3 Å². The highest BCUT2D eigenvalue weighted by atomic mass is 32.1. The minimum Gasteiger partial charge on any atom is -0.449 e. The molecule has 0 fully saturated rings.